The molecule has 3 rings (SSSR count). The number of ketones is 1. The number of benzene rings is 1. The second kappa shape index (κ2) is 2.44. The predicted octanol–water partition coefficient (Wildman–Crippen LogP) is 2.31. The molecule has 1 fully saturated rings. The Morgan fingerprint density at radius 1 is 1.15 bits per heavy atom. The molecule has 66 valence electrons. The molecule has 0 unspecified atom stereocenters. The molecule has 2 aliphatic carbocycles. The summed E-state index contributed by atoms with van der Waals surface area (Å²) in [5, 5.41) is 0. The Hall–Kier alpha value is -1.11. The number of aryl methyl sites for hydroxylation is 1. The number of carbonyl (C=O) groups is 1. The van der Waals surface area contributed by atoms with E-state index >= 15 is 0 Å². The molecular weight excluding hydrogens is 160 g/mol. The zero-order chi connectivity index (χ0) is 8.84. The summed E-state index contributed by atoms with van der Waals surface area (Å²) in [5.41, 5.74) is 2.91. The van der Waals surface area contributed by atoms with Gasteiger partial charge in [-0.3, -0.25) is 4.79 Å². The molecule has 1 nitrogen and oxygen atoms in total. The minimum Gasteiger partial charge on any atom is -0.299 e. The van der Waals surface area contributed by atoms with Gasteiger partial charge in [-0.25, -0.2) is 0 Å². The quantitative estimate of drug-likeness (QED) is 0.587. The van der Waals surface area contributed by atoms with E-state index in [0.717, 1.165) is 19.3 Å². The zero-order valence-electron chi connectivity index (χ0n) is 7.49. The summed E-state index contributed by atoms with van der Waals surface area (Å²) in [6.45, 7) is 0. The second-order valence-corrected chi connectivity index (χ2v) is 4.12. The maximum atomic E-state index is 11.3. The van der Waals surface area contributed by atoms with E-state index in [1.54, 1.807) is 0 Å². The smallest absolute Gasteiger partial charge is 0.137 e. The Kier molecular flexibility index (Phi) is 1.37. The van der Waals surface area contributed by atoms with E-state index in [0.29, 0.717) is 17.6 Å². The topological polar surface area (TPSA) is 17.1 Å². The van der Waals surface area contributed by atoms with Crippen LogP contribution in [0.5, 0.6) is 0 Å². The van der Waals surface area contributed by atoms with E-state index < -0.39 is 0 Å². The first-order chi connectivity index (χ1) is 6.36. The van der Waals surface area contributed by atoms with Gasteiger partial charge in [-0.05, 0) is 24.0 Å². The lowest BCUT2D eigenvalue weighted by atomic mass is 9.62. The van der Waals surface area contributed by atoms with Crippen molar-refractivity contribution in [3.05, 3.63) is 35.4 Å². The van der Waals surface area contributed by atoms with Crippen LogP contribution in [0.4, 0.5) is 0 Å². The Morgan fingerprint density at radius 2 is 2.00 bits per heavy atom. The summed E-state index contributed by atoms with van der Waals surface area (Å²) >= 11 is 0. The summed E-state index contributed by atoms with van der Waals surface area (Å²) in [6.07, 6.45) is 2.98. The van der Waals surface area contributed by atoms with Crippen LogP contribution in [0.1, 0.15) is 29.9 Å². The SMILES string of the molecule is O=C1C[C@@H]2c3ccccc3CC[C@H]12. The highest BCUT2D eigenvalue weighted by Crippen LogP contribution is 2.46. The molecular formula is C12H12O. The molecule has 0 aliphatic heterocycles. The highest BCUT2D eigenvalue weighted by Gasteiger charge is 2.43. The molecule has 2 atom stereocenters. The van der Waals surface area contributed by atoms with Gasteiger partial charge in [0.2, 0.25) is 0 Å². The molecule has 0 radical (unpaired) electrons. The van der Waals surface area contributed by atoms with Crippen molar-refractivity contribution in [2.75, 3.05) is 0 Å². The second-order valence-electron chi connectivity index (χ2n) is 4.12. The standard InChI is InChI=1S/C12H12O/c13-12-7-11-9-4-2-1-3-8(9)5-6-10(11)12/h1-4,10-11H,5-7H2/t10-,11+/m0/s1. The maximum Gasteiger partial charge on any atom is 0.137 e. The zero-order valence-corrected chi connectivity index (χ0v) is 7.49. The van der Waals surface area contributed by atoms with E-state index in [-0.39, 0.29) is 0 Å². The number of Topliss-reactive ketones (excluding diaryl/α,β-unsaturated/α-hetero) is 1. The molecule has 1 aromatic rings. The fourth-order valence-corrected chi connectivity index (χ4v) is 2.70. The van der Waals surface area contributed by atoms with Crippen LogP contribution in [0.15, 0.2) is 24.3 Å². The number of carbonyl (C=O) groups excluding carboxylic acids is 1. The van der Waals surface area contributed by atoms with E-state index in [9.17, 15) is 4.79 Å². The molecule has 13 heavy (non-hydrogen) atoms. The minimum atomic E-state index is 0.370. The van der Waals surface area contributed by atoms with Crippen molar-refractivity contribution in [3.63, 3.8) is 0 Å². The minimum absolute atomic E-state index is 0.370. The molecule has 0 N–H and O–H groups in total. The lowest BCUT2D eigenvalue weighted by molar-refractivity contribution is -0.131. The maximum absolute atomic E-state index is 11.3. The van der Waals surface area contributed by atoms with Gasteiger partial charge in [-0.15, -0.1) is 0 Å². The van der Waals surface area contributed by atoms with Crippen LogP contribution in [0, 0.1) is 5.92 Å². The molecule has 0 heterocycles. The monoisotopic (exact) mass is 172 g/mol. The first kappa shape index (κ1) is 7.31. The largest absolute Gasteiger partial charge is 0.299 e. The summed E-state index contributed by atoms with van der Waals surface area (Å²) in [7, 11) is 0. The Balaban J connectivity index is 2.05. The summed E-state index contributed by atoms with van der Waals surface area (Å²) in [5.74, 6) is 1.42. The third kappa shape index (κ3) is 0.902. The molecule has 2 aliphatic rings. The third-order valence-electron chi connectivity index (χ3n) is 3.50. The van der Waals surface area contributed by atoms with Crippen LogP contribution >= 0.6 is 0 Å². The van der Waals surface area contributed by atoms with Crippen LogP contribution in [-0.2, 0) is 11.2 Å². The van der Waals surface area contributed by atoms with Gasteiger partial charge in [0.15, 0.2) is 0 Å². The van der Waals surface area contributed by atoms with E-state index in [1.807, 2.05) is 0 Å². The Morgan fingerprint density at radius 3 is 2.85 bits per heavy atom. The molecule has 0 saturated heterocycles. The third-order valence-corrected chi connectivity index (χ3v) is 3.50. The van der Waals surface area contributed by atoms with E-state index in [2.05, 4.69) is 24.3 Å². The van der Waals surface area contributed by atoms with Gasteiger partial charge in [0.05, 0.1) is 0 Å². The molecule has 0 aromatic heterocycles. The van der Waals surface area contributed by atoms with Crippen LogP contribution < -0.4 is 0 Å². The summed E-state index contributed by atoms with van der Waals surface area (Å²) in [6, 6.07) is 8.58. The van der Waals surface area contributed by atoms with Gasteiger partial charge >= 0.3 is 0 Å². The molecule has 1 saturated carbocycles. The molecule has 1 heteroatoms. The van der Waals surface area contributed by atoms with Crippen molar-refractivity contribution in [2.45, 2.75) is 25.2 Å². The highest BCUT2D eigenvalue weighted by atomic mass is 16.1. The fraction of sp³-hybridized carbons (Fsp3) is 0.417. The number of hydrogen-bond acceptors (Lipinski definition) is 1. The van der Waals surface area contributed by atoms with Crippen molar-refractivity contribution in [1.82, 2.24) is 0 Å². The first-order valence-electron chi connectivity index (χ1n) is 4.97. The average molecular weight is 172 g/mol. The van der Waals surface area contributed by atoms with Crippen LogP contribution in [0.3, 0.4) is 0 Å². The van der Waals surface area contributed by atoms with Crippen molar-refractivity contribution < 1.29 is 4.79 Å². The summed E-state index contributed by atoms with van der Waals surface area (Å²) in [4.78, 5) is 11.3. The fourth-order valence-electron chi connectivity index (χ4n) is 2.70. The number of fused-ring (bicyclic) bond motifs is 3. The van der Waals surface area contributed by atoms with E-state index in [4.69, 9.17) is 0 Å². The normalized spacial score (nSPS) is 30.3. The number of rotatable bonds is 0. The van der Waals surface area contributed by atoms with Gasteiger partial charge in [0, 0.05) is 18.3 Å². The van der Waals surface area contributed by atoms with Crippen LogP contribution in [0.2, 0.25) is 0 Å². The average Bonchev–Trinajstić information content (AvgIpc) is 2.16. The van der Waals surface area contributed by atoms with Crippen LogP contribution in [0.25, 0.3) is 0 Å². The molecule has 0 amide bonds. The summed E-state index contributed by atoms with van der Waals surface area (Å²) < 4.78 is 0. The van der Waals surface area contributed by atoms with Crippen molar-refractivity contribution >= 4 is 5.78 Å². The first-order valence-corrected chi connectivity index (χ1v) is 4.97. The molecule has 0 bridgehead atoms. The van der Waals surface area contributed by atoms with Crippen molar-refractivity contribution in [2.24, 2.45) is 5.92 Å². The Bertz CT molecular complexity index is 367. The number of hydrogen-bond donors (Lipinski definition) is 0. The molecule has 0 spiro atoms. The lowest BCUT2D eigenvalue weighted by Gasteiger charge is -2.40. The van der Waals surface area contributed by atoms with Crippen LogP contribution in [-0.4, -0.2) is 5.78 Å². The van der Waals surface area contributed by atoms with Gasteiger partial charge < -0.3 is 0 Å². The van der Waals surface area contributed by atoms with Gasteiger partial charge in [-0.2, -0.15) is 0 Å². The Labute approximate surface area is 77.8 Å². The lowest BCUT2D eigenvalue weighted by Crippen LogP contribution is -2.38. The van der Waals surface area contributed by atoms with Gasteiger partial charge in [0.1, 0.15) is 5.78 Å². The van der Waals surface area contributed by atoms with Crippen molar-refractivity contribution in [3.8, 4) is 0 Å². The molecule has 1 aromatic carbocycles. The van der Waals surface area contributed by atoms with Gasteiger partial charge in [0.25, 0.3) is 0 Å². The highest BCUT2D eigenvalue weighted by molar-refractivity contribution is 5.90. The van der Waals surface area contributed by atoms with Crippen molar-refractivity contribution in [1.29, 1.82) is 0 Å². The van der Waals surface area contributed by atoms with Gasteiger partial charge in [-0.1, -0.05) is 24.3 Å². The van der Waals surface area contributed by atoms with E-state index in [1.165, 1.54) is 11.1 Å². The predicted molar refractivity (Wildman–Crippen MR) is 50.6 cm³/mol.